The van der Waals surface area contributed by atoms with E-state index in [-0.39, 0.29) is 0 Å². The molecule has 1 aromatic rings. The first-order chi connectivity index (χ1) is 3.86. The molecular weight excluding hydrogens is 102 g/mol. The van der Waals surface area contributed by atoms with Gasteiger partial charge in [0.1, 0.15) is 5.75 Å². The number of aromatic hydroxyl groups is 1. The van der Waals surface area contributed by atoms with Crippen LogP contribution < -0.4 is 0 Å². The molecular formula is C6H5NO. The topological polar surface area (TPSA) is 33.1 Å². The molecule has 0 fully saturated rings. The SMILES string of the molecule is Oc1ccc2nc1C2. The molecule has 2 nitrogen and oxygen atoms in total. The van der Waals surface area contributed by atoms with Crippen LogP contribution in [-0.4, -0.2) is 10.1 Å². The highest BCUT2D eigenvalue weighted by molar-refractivity contribution is 5.37. The summed E-state index contributed by atoms with van der Waals surface area (Å²) < 4.78 is 0. The quantitative estimate of drug-likeness (QED) is 0.537. The van der Waals surface area contributed by atoms with E-state index in [4.69, 9.17) is 5.11 Å². The first kappa shape index (κ1) is 3.89. The Morgan fingerprint density at radius 1 is 1.50 bits per heavy atom. The third kappa shape index (κ3) is 0.304. The van der Waals surface area contributed by atoms with Gasteiger partial charge in [0.05, 0.1) is 5.69 Å². The average Bonchev–Trinajstić information content (AvgIpc) is 1.62. The van der Waals surface area contributed by atoms with Crippen LogP contribution >= 0.6 is 0 Å². The molecule has 8 heavy (non-hydrogen) atoms. The largest absolute Gasteiger partial charge is 0.506 e. The summed E-state index contributed by atoms with van der Waals surface area (Å²) in [5, 5.41) is 8.90. The molecule has 0 aromatic carbocycles. The lowest BCUT2D eigenvalue weighted by molar-refractivity contribution is 0.459. The lowest BCUT2D eigenvalue weighted by Crippen LogP contribution is -2.06. The van der Waals surface area contributed by atoms with E-state index < -0.39 is 0 Å². The number of hydrogen-bond acceptors (Lipinski definition) is 2. The monoisotopic (exact) mass is 107 g/mol. The minimum atomic E-state index is 0.333. The first-order valence-corrected chi connectivity index (χ1v) is 2.54. The van der Waals surface area contributed by atoms with Crippen LogP contribution in [-0.2, 0) is 6.42 Å². The molecule has 40 valence electrons. The Hall–Kier alpha value is -1.05. The number of nitrogens with zero attached hydrogens (tertiary/aromatic N) is 1. The van der Waals surface area contributed by atoms with Crippen molar-refractivity contribution >= 4 is 0 Å². The predicted molar refractivity (Wildman–Crippen MR) is 28.7 cm³/mol. The van der Waals surface area contributed by atoms with Crippen molar-refractivity contribution in [2.75, 3.05) is 0 Å². The van der Waals surface area contributed by atoms with Crippen molar-refractivity contribution in [3.8, 4) is 5.75 Å². The van der Waals surface area contributed by atoms with Gasteiger partial charge < -0.3 is 5.11 Å². The number of hydrogen-bond donors (Lipinski definition) is 1. The Labute approximate surface area is 46.8 Å². The number of rotatable bonds is 0. The van der Waals surface area contributed by atoms with Crippen LogP contribution in [0.15, 0.2) is 12.1 Å². The third-order valence-electron chi connectivity index (χ3n) is 1.36. The summed E-state index contributed by atoms with van der Waals surface area (Å²) in [6.45, 7) is 0. The summed E-state index contributed by atoms with van der Waals surface area (Å²) in [6.07, 6.45) is 0.863. The fraction of sp³-hybridized carbons (Fsp3) is 0.167. The van der Waals surface area contributed by atoms with Crippen molar-refractivity contribution in [1.29, 1.82) is 0 Å². The second kappa shape index (κ2) is 1.02. The average molecular weight is 107 g/mol. The van der Waals surface area contributed by atoms with E-state index in [9.17, 15) is 0 Å². The number of aromatic nitrogens is 1. The molecule has 0 amide bonds. The molecule has 1 aromatic heterocycles. The standard InChI is InChI=1S/C6H5NO/c8-6-2-1-4-3-5(6)7-4/h1-2,8H,3H2. The molecule has 1 N–H and O–H groups in total. The van der Waals surface area contributed by atoms with Gasteiger partial charge in [0.25, 0.3) is 0 Å². The van der Waals surface area contributed by atoms with E-state index in [1.165, 1.54) is 0 Å². The molecule has 0 radical (unpaired) electrons. The lowest BCUT2D eigenvalue weighted by Gasteiger charge is -2.12. The van der Waals surface area contributed by atoms with E-state index in [1.807, 2.05) is 6.07 Å². The van der Waals surface area contributed by atoms with Gasteiger partial charge in [0.2, 0.25) is 0 Å². The van der Waals surface area contributed by atoms with Gasteiger partial charge in [0.15, 0.2) is 0 Å². The number of pyridine rings is 1. The van der Waals surface area contributed by atoms with Crippen molar-refractivity contribution in [2.24, 2.45) is 0 Å². The van der Waals surface area contributed by atoms with Gasteiger partial charge in [-0.3, -0.25) is 4.98 Å². The zero-order valence-corrected chi connectivity index (χ0v) is 4.26. The molecule has 1 aliphatic carbocycles. The Kier molecular flexibility index (Phi) is 0.497. The fourth-order valence-electron chi connectivity index (χ4n) is 0.848. The summed E-state index contributed by atoms with van der Waals surface area (Å²) in [5.74, 6) is 0.333. The van der Waals surface area contributed by atoms with E-state index in [0.717, 1.165) is 17.8 Å². The Morgan fingerprint density at radius 2 is 2.25 bits per heavy atom. The van der Waals surface area contributed by atoms with Gasteiger partial charge >= 0.3 is 0 Å². The Balaban J connectivity index is 2.72. The summed E-state index contributed by atoms with van der Waals surface area (Å²) in [7, 11) is 0. The maximum atomic E-state index is 8.90. The highest BCUT2D eigenvalue weighted by atomic mass is 16.3. The molecule has 2 bridgehead atoms. The zero-order valence-electron chi connectivity index (χ0n) is 4.26. The lowest BCUT2D eigenvalue weighted by atomic mass is 10.1. The van der Waals surface area contributed by atoms with E-state index in [0.29, 0.717) is 5.75 Å². The van der Waals surface area contributed by atoms with Crippen molar-refractivity contribution in [3.63, 3.8) is 0 Å². The van der Waals surface area contributed by atoms with E-state index in [1.54, 1.807) is 6.07 Å². The molecule has 0 atom stereocenters. The molecule has 1 aliphatic heterocycles. The minimum Gasteiger partial charge on any atom is -0.506 e. The van der Waals surface area contributed by atoms with Crippen molar-refractivity contribution < 1.29 is 5.11 Å². The zero-order chi connectivity index (χ0) is 5.56. The van der Waals surface area contributed by atoms with E-state index in [2.05, 4.69) is 4.98 Å². The molecule has 0 saturated carbocycles. The predicted octanol–water partition coefficient (Wildman–Crippen LogP) is 0.691. The summed E-state index contributed by atoms with van der Waals surface area (Å²) in [4.78, 5) is 3.97. The van der Waals surface area contributed by atoms with Crippen molar-refractivity contribution in [1.82, 2.24) is 4.98 Å². The van der Waals surface area contributed by atoms with Crippen LogP contribution in [0.1, 0.15) is 11.4 Å². The Bertz CT molecular complexity index is 223. The van der Waals surface area contributed by atoms with Crippen molar-refractivity contribution in [3.05, 3.63) is 23.5 Å². The van der Waals surface area contributed by atoms with Gasteiger partial charge in [0, 0.05) is 12.1 Å². The Morgan fingerprint density at radius 3 is 2.50 bits per heavy atom. The second-order valence-electron chi connectivity index (χ2n) is 1.95. The molecule has 3 rings (SSSR count). The van der Waals surface area contributed by atoms with Crippen LogP contribution in [0.25, 0.3) is 0 Å². The normalized spacial score (nSPS) is 13.0. The second-order valence-corrected chi connectivity index (χ2v) is 1.95. The molecule has 2 heterocycles. The maximum absolute atomic E-state index is 8.90. The van der Waals surface area contributed by atoms with Crippen LogP contribution in [0.5, 0.6) is 5.75 Å². The fourth-order valence-corrected chi connectivity index (χ4v) is 0.848. The van der Waals surface area contributed by atoms with Gasteiger partial charge in [-0.15, -0.1) is 0 Å². The van der Waals surface area contributed by atoms with Crippen LogP contribution in [0, 0.1) is 0 Å². The van der Waals surface area contributed by atoms with E-state index >= 15 is 0 Å². The van der Waals surface area contributed by atoms with Crippen LogP contribution in [0.4, 0.5) is 0 Å². The van der Waals surface area contributed by atoms with Gasteiger partial charge in [-0.2, -0.15) is 0 Å². The van der Waals surface area contributed by atoms with Crippen LogP contribution in [0.3, 0.4) is 0 Å². The first-order valence-electron chi connectivity index (χ1n) is 2.54. The summed E-state index contributed by atoms with van der Waals surface area (Å²) in [5.41, 5.74) is 1.92. The molecule has 2 aliphatic rings. The highest BCUT2D eigenvalue weighted by Gasteiger charge is 2.13. The smallest absolute Gasteiger partial charge is 0.137 e. The van der Waals surface area contributed by atoms with Crippen molar-refractivity contribution in [2.45, 2.75) is 6.42 Å². The molecule has 2 heteroatoms. The van der Waals surface area contributed by atoms with Gasteiger partial charge in [-0.05, 0) is 12.1 Å². The van der Waals surface area contributed by atoms with Gasteiger partial charge in [-0.25, -0.2) is 0 Å². The highest BCUT2D eigenvalue weighted by Crippen LogP contribution is 2.24. The minimum absolute atomic E-state index is 0.333. The maximum Gasteiger partial charge on any atom is 0.137 e. The number of fused-ring (bicyclic) bond motifs is 2. The molecule has 0 unspecified atom stereocenters. The molecule has 0 saturated heterocycles. The third-order valence-corrected chi connectivity index (χ3v) is 1.36. The molecule has 0 spiro atoms. The van der Waals surface area contributed by atoms with Gasteiger partial charge in [-0.1, -0.05) is 0 Å². The van der Waals surface area contributed by atoms with Crippen LogP contribution in [0.2, 0.25) is 0 Å². The summed E-state index contributed by atoms with van der Waals surface area (Å²) in [6, 6.07) is 3.52. The summed E-state index contributed by atoms with van der Waals surface area (Å²) >= 11 is 0.